The monoisotopic (exact) mass is 349 g/mol. The largest absolute Gasteiger partial charge is 0.382 e. The molecule has 0 aliphatic rings. The Morgan fingerprint density at radius 1 is 1.08 bits per heavy atom. The van der Waals surface area contributed by atoms with Crippen LogP contribution in [0, 0.1) is 11.6 Å². The minimum atomic E-state index is -1.07. The summed E-state index contributed by atoms with van der Waals surface area (Å²) in [5, 5.41) is 0. The average molecular weight is 349 g/mol. The molecule has 0 radical (unpaired) electrons. The maximum atomic E-state index is 13.5. The predicted molar refractivity (Wildman–Crippen MR) is 86.0 cm³/mol. The summed E-state index contributed by atoms with van der Waals surface area (Å²) in [6.07, 6.45) is 2.57. The molecule has 0 bridgehead atoms. The number of benzene rings is 1. The van der Waals surface area contributed by atoms with Gasteiger partial charge in [0.1, 0.15) is 17.7 Å². The molecule has 0 aliphatic carbocycles. The fourth-order valence-corrected chi connectivity index (χ4v) is 2.44. The van der Waals surface area contributed by atoms with E-state index in [0.717, 1.165) is 17.0 Å². The Hall–Kier alpha value is -3.10. The van der Waals surface area contributed by atoms with Crippen molar-refractivity contribution in [1.82, 2.24) is 14.9 Å². The second kappa shape index (κ2) is 7.20. The lowest BCUT2D eigenvalue weighted by molar-refractivity contribution is -0.122. The Kier molecular flexibility index (Phi) is 5.26. The minimum Gasteiger partial charge on any atom is -0.382 e. The molecule has 2 rings (SSSR count). The van der Waals surface area contributed by atoms with E-state index in [1.807, 2.05) is 0 Å². The molecule has 1 aromatic heterocycles. The molecule has 0 fully saturated rings. The summed E-state index contributed by atoms with van der Waals surface area (Å²) in [7, 11) is 0. The molecular weight excluding hydrogens is 332 g/mol. The first-order chi connectivity index (χ1) is 11.7. The van der Waals surface area contributed by atoms with Crippen LogP contribution in [0.1, 0.15) is 35.9 Å². The number of nitrogens with zero attached hydrogens (tertiary/aromatic N) is 3. The van der Waals surface area contributed by atoms with Gasteiger partial charge in [-0.1, -0.05) is 0 Å². The highest BCUT2D eigenvalue weighted by Crippen LogP contribution is 2.26. The van der Waals surface area contributed by atoms with Gasteiger partial charge in [-0.25, -0.2) is 18.7 Å². The number of rotatable bonds is 5. The number of aromatic nitrogens is 2. The van der Waals surface area contributed by atoms with Gasteiger partial charge in [-0.05, 0) is 31.5 Å². The first kappa shape index (κ1) is 18.2. The molecule has 0 aliphatic heterocycles. The molecular formula is C16H17F2N5O2. The number of primary amides is 1. The Morgan fingerprint density at radius 2 is 1.64 bits per heavy atom. The molecule has 9 heteroatoms. The van der Waals surface area contributed by atoms with Crippen molar-refractivity contribution < 1.29 is 18.4 Å². The van der Waals surface area contributed by atoms with Crippen LogP contribution in [-0.4, -0.2) is 32.7 Å². The van der Waals surface area contributed by atoms with Crippen molar-refractivity contribution in [3.05, 3.63) is 53.5 Å². The molecule has 0 unspecified atom stereocenters. The second-order valence-corrected chi connectivity index (χ2v) is 5.46. The first-order valence-corrected chi connectivity index (χ1v) is 7.36. The molecule has 2 atom stereocenters. The van der Waals surface area contributed by atoms with Crippen LogP contribution in [-0.2, 0) is 4.79 Å². The SMILES string of the molecule is C[C@H](C(N)=O)N(C(=O)c1nccnc1N)[C@H](C)c1cc(F)cc(F)c1. The van der Waals surface area contributed by atoms with Gasteiger partial charge in [0.05, 0.1) is 6.04 Å². The van der Waals surface area contributed by atoms with Crippen molar-refractivity contribution in [3.63, 3.8) is 0 Å². The maximum absolute atomic E-state index is 13.5. The van der Waals surface area contributed by atoms with Gasteiger partial charge in [-0.3, -0.25) is 9.59 Å². The Morgan fingerprint density at radius 3 is 2.16 bits per heavy atom. The summed E-state index contributed by atoms with van der Waals surface area (Å²) in [5.41, 5.74) is 11.0. The number of hydrogen-bond donors (Lipinski definition) is 2. The van der Waals surface area contributed by atoms with Crippen molar-refractivity contribution in [2.45, 2.75) is 25.9 Å². The molecule has 7 nitrogen and oxygen atoms in total. The zero-order valence-corrected chi connectivity index (χ0v) is 13.6. The van der Waals surface area contributed by atoms with Crippen LogP contribution < -0.4 is 11.5 Å². The summed E-state index contributed by atoms with van der Waals surface area (Å²) >= 11 is 0. The normalized spacial score (nSPS) is 13.1. The van der Waals surface area contributed by atoms with E-state index in [1.165, 1.54) is 26.2 Å². The van der Waals surface area contributed by atoms with Gasteiger partial charge in [0, 0.05) is 18.5 Å². The summed E-state index contributed by atoms with van der Waals surface area (Å²) in [5.74, 6) is -3.26. The molecule has 0 saturated carbocycles. The van der Waals surface area contributed by atoms with E-state index < -0.39 is 35.5 Å². The Balaban J connectivity index is 2.51. The second-order valence-electron chi connectivity index (χ2n) is 5.46. The fraction of sp³-hybridized carbons (Fsp3) is 0.250. The van der Waals surface area contributed by atoms with Gasteiger partial charge in [0.2, 0.25) is 5.91 Å². The van der Waals surface area contributed by atoms with Gasteiger partial charge >= 0.3 is 0 Å². The molecule has 25 heavy (non-hydrogen) atoms. The quantitative estimate of drug-likeness (QED) is 0.847. The van der Waals surface area contributed by atoms with E-state index >= 15 is 0 Å². The third kappa shape index (κ3) is 3.87. The van der Waals surface area contributed by atoms with E-state index in [-0.39, 0.29) is 17.1 Å². The maximum Gasteiger partial charge on any atom is 0.277 e. The number of anilines is 1. The highest BCUT2D eigenvalue weighted by Gasteiger charge is 2.32. The third-order valence-electron chi connectivity index (χ3n) is 3.78. The Bertz CT molecular complexity index is 795. The standard InChI is InChI=1S/C16H17F2N5O2/c1-8(10-5-11(17)7-12(18)6-10)23(9(2)15(20)24)16(25)13-14(19)22-4-3-21-13/h3-9H,1-2H3,(H2,19,22)(H2,20,24)/t8-,9-/m1/s1. The average Bonchev–Trinajstić information content (AvgIpc) is 2.54. The predicted octanol–water partition coefficient (Wildman–Crippen LogP) is 1.41. The van der Waals surface area contributed by atoms with Crippen LogP contribution in [0.25, 0.3) is 0 Å². The summed E-state index contributed by atoms with van der Waals surface area (Å²) < 4.78 is 27.0. The topological polar surface area (TPSA) is 115 Å². The van der Waals surface area contributed by atoms with Gasteiger partial charge in [0.25, 0.3) is 5.91 Å². The van der Waals surface area contributed by atoms with Gasteiger partial charge < -0.3 is 16.4 Å². The molecule has 2 aromatic rings. The van der Waals surface area contributed by atoms with Crippen LogP contribution in [0.5, 0.6) is 0 Å². The van der Waals surface area contributed by atoms with Gasteiger partial charge in [-0.2, -0.15) is 0 Å². The van der Waals surface area contributed by atoms with Gasteiger partial charge in [0.15, 0.2) is 11.5 Å². The zero-order valence-electron chi connectivity index (χ0n) is 13.6. The number of carbonyl (C=O) groups excluding carboxylic acids is 2. The highest BCUT2D eigenvalue weighted by molar-refractivity contribution is 5.99. The number of amides is 2. The number of hydrogen-bond acceptors (Lipinski definition) is 5. The van der Waals surface area contributed by atoms with E-state index in [2.05, 4.69) is 9.97 Å². The first-order valence-electron chi connectivity index (χ1n) is 7.36. The van der Waals surface area contributed by atoms with Crippen molar-refractivity contribution in [1.29, 1.82) is 0 Å². The van der Waals surface area contributed by atoms with Crippen LogP contribution in [0.2, 0.25) is 0 Å². The van der Waals surface area contributed by atoms with E-state index in [0.29, 0.717) is 6.07 Å². The van der Waals surface area contributed by atoms with Crippen LogP contribution in [0.4, 0.5) is 14.6 Å². The van der Waals surface area contributed by atoms with Crippen molar-refractivity contribution in [2.75, 3.05) is 5.73 Å². The van der Waals surface area contributed by atoms with Crippen molar-refractivity contribution in [3.8, 4) is 0 Å². The van der Waals surface area contributed by atoms with E-state index in [9.17, 15) is 18.4 Å². The summed E-state index contributed by atoms with van der Waals surface area (Å²) in [6, 6.07) is 0.904. The smallest absolute Gasteiger partial charge is 0.277 e. The number of nitrogens with two attached hydrogens (primary N) is 2. The zero-order chi connectivity index (χ0) is 18.7. The highest BCUT2D eigenvalue weighted by atomic mass is 19.1. The summed E-state index contributed by atoms with van der Waals surface area (Å²) in [6.45, 7) is 2.91. The number of nitrogen functional groups attached to an aromatic ring is 1. The minimum absolute atomic E-state index is 0.133. The lowest BCUT2D eigenvalue weighted by Crippen LogP contribution is -2.47. The lowest BCUT2D eigenvalue weighted by Gasteiger charge is -2.33. The van der Waals surface area contributed by atoms with Crippen molar-refractivity contribution >= 4 is 17.6 Å². The fourth-order valence-electron chi connectivity index (χ4n) is 2.44. The molecule has 1 heterocycles. The molecule has 0 spiro atoms. The number of carbonyl (C=O) groups is 2. The molecule has 132 valence electrons. The number of halogens is 2. The summed E-state index contributed by atoms with van der Waals surface area (Å²) in [4.78, 5) is 33.2. The third-order valence-corrected chi connectivity index (χ3v) is 3.78. The van der Waals surface area contributed by atoms with E-state index in [1.54, 1.807) is 0 Å². The molecule has 1 aromatic carbocycles. The molecule has 4 N–H and O–H groups in total. The van der Waals surface area contributed by atoms with Crippen LogP contribution in [0.3, 0.4) is 0 Å². The van der Waals surface area contributed by atoms with Crippen LogP contribution >= 0.6 is 0 Å². The van der Waals surface area contributed by atoms with Crippen molar-refractivity contribution in [2.24, 2.45) is 5.73 Å². The van der Waals surface area contributed by atoms with E-state index in [4.69, 9.17) is 11.5 Å². The van der Waals surface area contributed by atoms with Crippen LogP contribution in [0.15, 0.2) is 30.6 Å². The molecule has 2 amide bonds. The Labute approximate surface area is 142 Å². The lowest BCUT2D eigenvalue weighted by atomic mass is 10.0. The molecule has 0 saturated heterocycles. The van der Waals surface area contributed by atoms with Gasteiger partial charge in [-0.15, -0.1) is 0 Å².